The standard InChI is InChI=1S/C24H34N2O5S2/c1-15-13-26(23(30)31-24(4,5)6)16(2)12-25(15)20(27)19(17(3)21(28)29)14-33-22(32)18-10-8-7-9-11-18/h7-11,15-17,19H,12-14H2,1-6H3,(H,28,29). The number of hydrogen-bond donors (Lipinski definition) is 1. The summed E-state index contributed by atoms with van der Waals surface area (Å²) in [7, 11) is 0. The van der Waals surface area contributed by atoms with Gasteiger partial charge in [0.1, 0.15) is 5.60 Å². The molecule has 0 saturated carbocycles. The van der Waals surface area contributed by atoms with Crippen LogP contribution in [0.3, 0.4) is 0 Å². The van der Waals surface area contributed by atoms with Crippen molar-refractivity contribution in [3.8, 4) is 0 Å². The van der Waals surface area contributed by atoms with E-state index in [1.807, 2.05) is 65.0 Å². The Morgan fingerprint density at radius 1 is 1.12 bits per heavy atom. The van der Waals surface area contributed by atoms with Gasteiger partial charge in [0.2, 0.25) is 5.91 Å². The number of carbonyl (C=O) groups excluding carboxylic acids is 2. The first-order valence-electron chi connectivity index (χ1n) is 11.1. The summed E-state index contributed by atoms with van der Waals surface area (Å²) in [5.74, 6) is -2.58. The summed E-state index contributed by atoms with van der Waals surface area (Å²) in [5, 5.41) is 9.64. The molecular weight excluding hydrogens is 460 g/mol. The third-order valence-electron chi connectivity index (χ3n) is 5.61. The molecule has 0 aliphatic carbocycles. The van der Waals surface area contributed by atoms with Gasteiger partial charge in [-0.1, -0.05) is 49.5 Å². The highest BCUT2D eigenvalue weighted by atomic mass is 32.2. The van der Waals surface area contributed by atoms with Crippen LogP contribution in [0.2, 0.25) is 0 Å². The van der Waals surface area contributed by atoms with Crippen molar-refractivity contribution < 1.29 is 24.2 Å². The van der Waals surface area contributed by atoms with E-state index >= 15 is 0 Å². The molecule has 182 valence electrons. The van der Waals surface area contributed by atoms with Crippen molar-refractivity contribution in [2.75, 3.05) is 18.8 Å². The SMILES string of the molecule is CC(C(=O)O)C(CSC(=S)c1ccccc1)C(=O)N1CC(C)N(C(=O)OC(C)(C)C)CC1C. The van der Waals surface area contributed by atoms with Crippen LogP contribution in [0.15, 0.2) is 30.3 Å². The number of thioether (sulfide) groups is 1. The predicted molar refractivity (Wildman–Crippen MR) is 134 cm³/mol. The molecule has 2 rings (SSSR count). The molecule has 9 heteroatoms. The first kappa shape index (κ1) is 27.1. The lowest BCUT2D eigenvalue weighted by molar-refractivity contribution is -0.151. The van der Waals surface area contributed by atoms with Crippen molar-refractivity contribution in [3.05, 3.63) is 35.9 Å². The summed E-state index contributed by atoms with van der Waals surface area (Å²) in [4.78, 5) is 41.2. The average Bonchev–Trinajstić information content (AvgIpc) is 2.73. The number of rotatable bonds is 6. The van der Waals surface area contributed by atoms with Crippen LogP contribution in [0.4, 0.5) is 4.79 Å². The number of piperazine rings is 1. The number of aliphatic carboxylic acids is 1. The minimum atomic E-state index is -1.02. The zero-order chi connectivity index (χ0) is 24.9. The van der Waals surface area contributed by atoms with Gasteiger partial charge < -0.3 is 19.6 Å². The number of carbonyl (C=O) groups is 3. The second kappa shape index (κ2) is 11.3. The van der Waals surface area contributed by atoms with Gasteiger partial charge in [-0.2, -0.15) is 0 Å². The van der Waals surface area contributed by atoms with E-state index in [1.54, 1.807) is 16.7 Å². The molecule has 0 spiro atoms. The Labute approximate surface area is 205 Å². The van der Waals surface area contributed by atoms with Gasteiger partial charge >= 0.3 is 12.1 Å². The fraction of sp³-hybridized carbons (Fsp3) is 0.583. The molecule has 1 aliphatic heterocycles. The van der Waals surface area contributed by atoms with Crippen molar-refractivity contribution in [2.24, 2.45) is 11.8 Å². The summed E-state index contributed by atoms with van der Waals surface area (Å²) >= 11 is 6.82. The van der Waals surface area contributed by atoms with Gasteiger partial charge in [0.25, 0.3) is 0 Å². The largest absolute Gasteiger partial charge is 0.481 e. The lowest BCUT2D eigenvalue weighted by Crippen LogP contribution is -2.61. The number of thiocarbonyl (C=S) groups is 1. The molecule has 0 aromatic heterocycles. The molecule has 1 aromatic rings. The summed E-state index contributed by atoms with van der Waals surface area (Å²) in [5.41, 5.74) is 0.267. The molecule has 1 heterocycles. The maximum atomic E-state index is 13.5. The van der Waals surface area contributed by atoms with E-state index in [9.17, 15) is 19.5 Å². The average molecular weight is 495 g/mol. The molecule has 1 N–H and O–H groups in total. The Morgan fingerprint density at radius 2 is 1.67 bits per heavy atom. The molecule has 1 aromatic carbocycles. The Kier molecular flexibility index (Phi) is 9.31. The summed E-state index contributed by atoms with van der Waals surface area (Å²) in [6.07, 6.45) is -0.409. The highest BCUT2D eigenvalue weighted by Gasteiger charge is 2.41. The third kappa shape index (κ3) is 7.43. The maximum absolute atomic E-state index is 13.5. The molecule has 2 amide bonds. The Bertz CT molecular complexity index is 871. The first-order valence-corrected chi connectivity index (χ1v) is 12.5. The Morgan fingerprint density at radius 3 is 2.21 bits per heavy atom. The molecule has 4 unspecified atom stereocenters. The lowest BCUT2D eigenvalue weighted by atomic mass is 9.93. The summed E-state index contributed by atoms with van der Waals surface area (Å²) in [6, 6.07) is 8.94. The van der Waals surface area contributed by atoms with E-state index in [-0.39, 0.29) is 23.7 Å². The normalized spacial score (nSPS) is 20.7. The van der Waals surface area contributed by atoms with Crippen molar-refractivity contribution in [2.45, 2.75) is 59.2 Å². The van der Waals surface area contributed by atoms with Gasteiger partial charge in [-0.15, -0.1) is 11.8 Å². The smallest absolute Gasteiger partial charge is 0.410 e. The molecular formula is C24H34N2O5S2. The fourth-order valence-corrected chi connectivity index (χ4v) is 5.05. The number of nitrogens with zero attached hydrogens (tertiary/aromatic N) is 2. The topological polar surface area (TPSA) is 87.2 Å². The maximum Gasteiger partial charge on any atom is 0.410 e. The van der Waals surface area contributed by atoms with Crippen LogP contribution in [0, 0.1) is 11.8 Å². The van der Waals surface area contributed by atoms with Crippen LogP contribution in [0.5, 0.6) is 0 Å². The zero-order valence-electron chi connectivity index (χ0n) is 20.1. The number of ether oxygens (including phenoxy) is 1. The molecule has 0 bridgehead atoms. The quantitative estimate of drug-likeness (QED) is 0.590. The van der Waals surface area contributed by atoms with Crippen LogP contribution in [-0.2, 0) is 14.3 Å². The van der Waals surface area contributed by atoms with Crippen LogP contribution >= 0.6 is 24.0 Å². The summed E-state index contributed by atoms with van der Waals surface area (Å²) in [6.45, 7) is 11.4. The molecule has 1 fully saturated rings. The van der Waals surface area contributed by atoms with Crippen LogP contribution < -0.4 is 0 Å². The number of carboxylic acids is 1. The molecule has 1 aliphatic rings. The van der Waals surface area contributed by atoms with Gasteiger partial charge in [-0.25, -0.2) is 4.79 Å². The third-order valence-corrected chi connectivity index (χ3v) is 7.22. The lowest BCUT2D eigenvalue weighted by Gasteiger charge is -2.45. The number of hydrogen-bond acceptors (Lipinski definition) is 6. The fourth-order valence-electron chi connectivity index (χ4n) is 3.65. The van der Waals surface area contributed by atoms with Gasteiger partial charge in [0.15, 0.2) is 0 Å². The minimum Gasteiger partial charge on any atom is -0.481 e. The number of amides is 2. The van der Waals surface area contributed by atoms with E-state index in [0.717, 1.165) is 5.56 Å². The monoisotopic (exact) mass is 494 g/mol. The second-order valence-corrected chi connectivity index (χ2v) is 11.2. The van der Waals surface area contributed by atoms with E-state index < -0.39 is 29.5 Å². The van der Waals surface area contributed by atoms with Gasteiger partial charge in [-0.3, -0.25) is 9.59 Å². The van der Waals surface area contributed by atoms with Crippen molar-refractivity contribution in [3.63, 3.8) is 0 Å². The molecule has 1 saturated heterocycles. The van der Waals surface area contributed by atoms with Gasteiger partial charge in [0.05, 0.1) is 16.0 Å². The Balaban J connectivity index is 2.13. The predicted octanol–water partition coefficient (Wildman–Crippen LogP) is 4.29. The molecule has 33 heavy (non-hydrogen) atoms. The number of benzene rings is 1. The van der Waals surface area contributed by atoms with Crippen molar-refractivity contribution in [1.82, 2.24) is 9.80 Å². The van der Waals surface area contributed by atoms with Gasteiger partial charge in [-0.05, 0) is 40.2 Å². The highest BCUT2D eigenvalue weighted by Crippen LogP contribution is 2.27. The van der Waals surface area contributed by atoms with Crippen LogP contribution in [0.25, 0.3) is 0 Å². The first-order chi connectivity index (χ1) is 15.3. The molecule has 4 atom stereocenters. The molecule has 7 nitrogen and oxygen atoms in total. The van der Waals surface area contributed by atoms with E-state index in [1.165, 1.54) is 11.8 Å². The van der Waals surface area contributed by atoms with E-state index in [0.29, 0.717) is 17.3 Å². The zero-order valence-corrected chi connectivity index (χ0v) is 21.7. The number of carboxylic acid groups (broad SMARTS) is 1. The molecule has 0 radical (unpaired) electrons. The van der Waals surface area contributed by atoms with Crippen LogP contribution in [-0.4, -0.2) is 73.6 Å². The highest BCUT2D eigenvalue weighted by molar-refractivity contribution is 8.23. The van der Waals surface area contributed by atoms with E-state index in [2.05, 4.69) is 0 Å². The van der Waals surface area contributed by atoms with Crippen molar-refractivity contribution in [1.29, 1.82) is 0 Å². The van der Waals surface area contributed by atoms with Crippen LogP contribution in [0.1, 0.15) is 47.1 Å². The van der Waals surface area contributed by atoms with Crippen molar-refractivity contribution >= 4 is 46.1 Å². The Hall–Kier alpha value is -2.13. The van der Waals surface area contributed by atoms with E-state index in [4.69, 9.17) is 17.0 Å². The summed E-state index contributed by atoms with van der Waals surface area (Å²) < 4.78 is 6.13. The second-order valence-electron chi connectivity index (χ2n) is 9.52. The minimum absolute atomic E-state index is 0.226. The van der Waals surface area contributed by atoms with Gasteiger partial charge in [0, 0.05) is 30.9 Å².